The molecule has 0 fully saturated rings. The fourth-order valence-corrected chi connectivity index (χ4v) is 3.55. The zero-order valence-corrected chi connectivity index (χ0v) is 17.9. The molecular weight excluding hydrogens is 352 g/mol. The Hall–Kier alpha value is -2.30. The molecule has 1 aromatic carbocycles. The predicted molar refractivity (Wildman–Crippen MR) is 112 cm³/mol. The molecule has 5 heteroatoms. The highest BCUT2D eigenvalue weighted by Crippen LogP contribution is 2.24. The maximum Gasteiger partial charge on any atom is 0.258 e. The number of benzene rings is 1. The normalized spacial score (nSPS) is 25.7. The van der Waals surface area contributed by atoms with Crippen LogP contribution in [0.3, 0.4) is 0 Å². The van der Waals surface area contributed by atoms with Crippen molar-refractivity contribution in [2.75, 3.05) is 7.05 Å². The van der Waals surface area contributed by atoms with E-state index in [-0.39, 0.29) is 29.9 Å². The Morgan fingerprint density at radius 1 is 1.04 bits per heavy atom. The van der Waals surface area contributed by atoms with Gasteiger partial charge in [0.1, 0.15) is 11.8 Å². The Morgan fingerprint density at radius 3 is 2.32 bits per heavy atom. The molecule has 2 amide bonds. The third kappa shape index (κ3) is 5.37. The van der Waals surface area contributed by atoms with Crippen molar-refractivity contribution in [3.63, 3.8) is 0 Å². The van der Waals surface area contributed by atoms with Crippen molar-refractivity contribution < 1.29 is 14.3 Å². The Morgan fingerprint density at radius 2 is 1.68 bits per heavy atom. The second kappa shape index (κ2) is 9.76. The summed E-state index contributed by atoms with van der Waals surface area (Å²) < 4.78 is 6.06. The Labute approximate surface area is 169 Å². The van der Waals surface area contributed by atoms with E-state index in [1.54, 1.807) is 18.0 Å². The summed E-state index contributed by atoms with van der Waals surface area (Å²) in [4.78, 5) is 27.9. The van der Waals surface area contributed by atoms with Crippen LogP contribution >= 0.6 is 0 Å². The first-order valence-electron chi connectivity index (χ1n) is 10.2. The van der Waals surface area contributed by atoms with Crippen molar-refractivity contribution in [3.05, 3.63) is 42.0 Å². The van der Waals surface area contributed by atoms with Gasteiger partial charge in [-0.1, -0.05) is 52.0 Å². The molecule has 28 heavy (non-hydrogen) atoms. The molecule has 0 bridgehead atoms. The number of rotatable bonds is 2. The molecular formula is C23H34N2O3. The quantitative estimate of drug-likeness (QED) is 0.781. The zero-order chi connectivity index (χ0) is 20.8. The average molecular weight is 387 g/mol. The predicted octanol–water partition coefficient (Wildman–Crippen LogP) is 4.04. The summed E-state index contributed by atoms with van der Waals surface area (Å²) in [6.45, 7) is 10.1. The van der Waals surface area contributed by atoms with Crippen LogP contribution in [0.2, 0.25) is 0 Å². The van der Waals surface area contributed by atoms with Gasteiger partial charge in [0, 0.05) is 19.5 Å². The number of hydrogen-bond donors (Lipinski definition) is 1. The summed E-state index contributed by atoms with van der Waals surface area (Å²) >= 11 is 0. The van der Waals surface area contributed by atoms with Crippen LogP contribution in [-0.4, -0.2) is 41.9 Å². The smallest absolute Gasteiger partial charge is 0.258 e. The molecule has 1 aliphatic heterocycles. The van der Waals surface area contributed by atoms with Crippen molar-refractivity contribution in [2.24, 2.45) is 11.8 Å². The molecule has 154 valence electrons. The van der Waals surface area contributed by atoms with E-state index in [2.05, 4.69) is 31.3 Å². The van der Waals surface area contributed by atoms with Gasteiger partial charge in [-0.2, -0.15) is 0 Å². The first kappa shape index (κ1) is 22.0. The topological polar surface area (TPSA) is 58.6 Å². The van der Waals surface area contributed by atoms with Gasteiger partial charge in [-0.05, 0) is 37.3 Å². The largest absolute Gasteiger partial charge is 0.490 e. The van der Waals surface area contributed by atoms with E-state index in [0.717, 1.165) is 12.8 Å². The lowest BCUT2D eigenvalue weighted by molar-refractivity contribution is -0.127. The Bertz CT molecular complexity index is 712. The highest BCUT2D eigenvalue weighted by Gasteiger charge is 2.33. The number of ether oxygens (including phenoxy) is 1. The van der Waals surface area contributed by atoms with E-state index < -0.39 is 6.04 Å². The lowest BCUT2D eigenvalue weighted by Gasteiger charge is -2.33. The van der Waals surface area contributed by atoms with Crippen LogP contribution < -0.4 is 10.1 Å². The maximum absolute atomic E-state index is 13.2. The fourth-order valence-electron chi connectivity index (χ4n) is 3.55. The first-order valence-corrected chi connectivity index (χ1v) is 10.2. The Balaban J connectivity index is 2.45. The summed E-state index contributed by atoms with van der Waals surface area (Å²) in [7, 11) is 1.70. The standard InChI is InChI=1S/C23H34N2O3/c1-15(2)19-13-9-7-11-17(5)28-20-14-10-8-12-18(20)23(27)25(6)21(16(3)4)22(26)24-19/h7-10,12,14-17,19,21H,11,13H2,1-6H3,(H,24,26)/b9-7-/t17-,19-,21-/m1/s1. The molecule has 0 unspecified atom stereocenters. The summed E-state index contributed by atoms with van der Waals surface area (Å²) in [5.41, 5.74) is 0.483. The minimum absolute atomic E-state index is 0.0165. The van der Waals surface area contributed by atoms with Gasteiger partial charge in [0.05, 0.1) is 11.7 Å². The molecule has 2 rings (SSSR count). The molecule has 0 spiro atoms. The summed E-state index contributed by atoms with van der Waals surface area (Å²) in [5.74, 6) is 0.523. The molecule has 0 saturated carbocycles. The second-order valence-corrected chi connectivity index (χ2v) is 8.33. The van der Waals surface area contributed by atoms with Gasteiger partial charge < -0.3 is 15.0 Å². The number of nitrogens with zero attached hydrogens (tertiary/aromatic N) is 1. The molecule has 0 radical (unpaired) electrons. The molecule has 0 aromatic heterocycles. The summed E-state index contributed by atoms with van der Waals surface area (Å²) in [6, 6.07) is 6.73. The van der Waals surface area contributed by atoms with Crippen molar-refractivity contribution in [3.8, 4) is 5.75 Å². The van der Waals surface area contributed by atoms with Gasteiger partial charge in [-0.3, -0.25) is 9.59 Å². The van der Waals surface area contributed by atoms with Crippen molar-refractivity contribution in [1.29, 1.82) is 0 Å². The molecule has 3 atom stereocenters. The number of likely N-dealkylation sites (N-methyl/N-ethyl adjacent to an activating group) is 1. The van der Waals surface area contributed by atoms with E-state index in [1.165, 1.54) is 0 Å². The van der Waals surface area contributed by atoms with E-state index in [1.807, 2.05) is 39.0 Å². The van der Waals surface area contributed by atoms with Crippen LogP contribution in [0.5, 0.6) is 5.75 Å². The number of carbonyl (C=O) groups is 2. The van der Waals surface area contributed by atoms with Gasteiger partial charge in [0.15, 0.2) is 0 Å². The average Bonchev–Trinajstić information content (AvgIpc) is 2.63. The van der Waals surface area contributed by atoms with Crippen LogP contribution in [0.1, 0.15) is 57.8 Å². The van der Waals surface area contributed by atoms with Gasteiger partial charge in [0.25, 0.3) is 5.91 Å². The van der Waals surface area contributed by atoms with E-state index in [4.69, 9.17) is 4.74 Å². The SMILES string of the molecule is CC(C)[C@H]1C/C=C\C[C@@H](C)Oc2ccccc2C(=O)N(C)[C@H](C(C)C)C(=O)N1. The molecule has 0 saturated heterocycles. The molecule has 1 heterocycles. The number of para-hydroxylation sites is 1. The number of amides is 2. The van der Waals surface area contributed by atoms with Gasteiger partial charge >= 0.3 is 0 Å². The van der Waals surface area contributed by atoms with Crippen LogP contribution in [0.4, 0.5) is 0 Å². The van der Waals surface area contributed by atoms with Crippen LogP contribution in [0.25, 0.3) is 0 Å². The van der Waals surface area contributed by atoms with Crippen LogP contribution in [-0.2, 0) is 4.79 Å². The van der Waals surface area contributed by atoms with Crippen LogP contribution in [0.15, 0.2) is 36.4 Å². The van der Waals surface area contributed by atoms with Gasteiger partial charge in [-0.25, -0.2) is 0 Å². The third-order valence-electron chi connectivity index (χ3n) is 5.24. The van der Waals surface area contributed by atoms with Crippen LogP contribution in [0, 0.1) is 11.8 Å². The minimum atomic E-state index is -0.550. The minimum Gasteiger partial charge on any atom is -0.490 e. The first-order chi connectivity index (χ1) is 13.2. The van der Waals surface area contributed by atoms with Crippen molar-refractivity contribution in [1.82, 2.24) is 10.2 Å². The lowest BCUT2D eigenvalue weighted by Crippen LogP contribution is -2.53. The van der Waals surface area contributed by atoms with E-state index >= 15 is 0 Å². The van der Waals surface area contributed by atoms with Gasteiger partial charge in [0.2, 0.25) is 5.91 Å². The maximum atomic E-state index is 13.2. The number of carbonyl (C=O) groups excluding carboxylic acids is 2. The highest BCUT2D eigenvalue weighted by molar-refractivity contribution is 5.99. The molecule has 1 N–H and O–H groups in total. The second-order valence-electron chi connectivity index (χ2n) is 8.33. The molecule has 5 nitrogen and oxygen atoms in total. The summed E-state index contributed by atoms with van der Waals surface area (Å²) in [6.07, 6.45) is 5.66. The highest BCUT2D eigenvalue weighted by atomic mass is 16.5. The number of fused-ring (bicyclic) bond motifs is 1. The summed E-state index contributed by atoms with van der Waals surface area (Å²) in [5, 5.41) is 3.17. The van der Waals surface area contributed by atoms with E-state index in [0.29, 0.717) is 17.2 Å². The monoisotopic (exact) mass is 386 g/mol. The van der Waals surface area contributed by atoms with E-state index in [9.17, 15) is 9.59 Å². The third-order valence-corrected chi connectivity index (χ3v) is 5.24. The lowest BCUT2D eigenvalue weighted by atomic mass is 9.96. The fraction of sp³-hybridized carbons (Fsp3) is 0.565. The molecule has 0 aliphatic carbocycles. The molecule has 1 aromatic rings. The Kier molecular flexibility index (Phi) is 7.67. The van der Waals surface area contributed by atoms with Gasteiger partial charge in [-0.15, -0.1) is 0 Å². The molecule has 1 aliphatic rings. The van der Waals surface area contributed by atoms with Crippen molar-refractivity contribution in [2.45, 2.75) is 65.6 Å². The van der Waals surface area contributed by atoms with Crippen molar-refractivity contribution >= 4 is 11.8 Å². The zero-order valence-electron chi connectivity index (χ0n) is 17.9. The number of hydrogen-bond acceptors (Lipinski definition) is 3. The number of nitrogens with one attached hydrogen (secondary N) is 1.